The van der Waals surface area contributed by atoms with E-state index >= 15 is 0 Å². The van der Waals surface area contributed by atoms with Crippen LogP contribution in [0, 0.1) is 29.6 Å². The number of rotatable bonds is 3. The lowest BCUT2D eigenvalue weighted by Crippen LogP contribution is -2.48. The number of hydrogen-bond donors (Lipinski definition) is 2. The lowest BCUT2D eigenvalue weighted by Gasteiger charge is -2.47. The Kier molecular flexibility index (Phi) is 3.54. The number of fused-ring (bicyclic) bond motifs is 9. The van der Waals surface area contributed by atoms with E-state index < -0.39 is 5.97 Å². The van der Waals surface area contributed by atoms with Crippen LogP contribution in [0.4, 0.5) is 0 Å². The van der Waals surface area contributed by atoms with Gasteiger partial charge in [0.25, 0.3) is 0 Å². The molecule has 144 valence electrons. The highest BCUT2D eigenvalue weighted by Crippen LogP contribution is 2.68. The highest BCUT2D eigenvalue weighted by atomic mass is 32.2. The topological polar surface area (TPSA) is 108 Å². The van der Waals surface area contributed by atoms with Crippen LogP contribution in [0.2, 0.25) is 0 Å². The predicted octanol–water partition coefficient (Wildman–Crippen LogP) is 1.53. The molecule has 0 radical (unpaired) electrons. The molecule has 2 aliphatic carbocycles. The molecule has 2 amide bonds. The fourth-order valence-electron chi connectivity index (χ4n) is 6.14. The van der Waals surface area contributed by atoms with Crippen LogP contribution < -0.4 is 4.87 Å². The molecule has 2 N–H and O–H groups in total. The minimum atomic E-state index is -1.01. The lowest BCUT2D eigenvalue weighted by molar-refractivity contribution is -0.142. The van der Waals surface area contributed by atoms with Crippen LogP contribution in [0.5, 0.6) is 0 Å². The van der Waals surface area contributed by atoms with E-state index in [0.717, 1.165) is 16.3 Å². The van der Waals surface area contributed by atoms with Crippen molar-refractivity contribution < 1.29 is 19.5 Å². The SMILES string of the molecule is CC1(C)c2sc(=O)[nH]c2S[C@H]2[C@@H]3C[C@H]([C@H]4C(=O)N(CCC(=O)O)C(=O)[C@H]34)[C@H]21. The number of hydrogen-bond acceptors (Lipinski definition) is 6. The Labute approximate surface area is 163 Å². The average Bonchev–Trinajstić information content (AvgIpc) is 3.28. The van der Waals surface area contributed by atoms with Crippen LogP contribution in [-0.2, 0) is 19.8 Å². The summed E-state index contributed by atoms with van der Waals surface area (Å²) in [6.07, 6.45) is 0.655. The van der Waals surface area contributed by atoms with Crippen LogP contribution in [-0.4, -0.2) is 44.6 Å². The molecule has 2 aliphatic heterocycles. The molecule has 6 atom stereocenters. The van der Waals surface area contributed by atoms with Gasteiger partial charge in [-0.05, 0) is 24.2 Å². The van der Waals surface area contributed by atoms with Crippen LogP contribution >= 0.6 is 23.1 Å². The summed E-state index contributed by atoms with van der Waals surface area (Å²) in [5.41, 5.74) is -0.225. The summed E-state index contributed by atoms with van der Waals surface area (Å²) in [7, 11) is 0. The van der Waals surface area contributed by atoms with Gasteiger partial charge in [0.2, 0.25) is 11.8 Å². The summed E-state index contributed by atoms with van der Waals surface area (Å²) < 4.78 is 0. The molecule has 7 nitrogen and oxygen atoms in total. The van der Waals surface area contributed by atoms with Gasteiger partial charge in [-0.3, -0.25) is 24.1 Å². The fourth-order valence-corrected chi connectivity index (χ4v) is 9.30. The van der Waals surface area contributed by atoms with Gasteiger partial charge in [0.15, 0.2) is 0 Å². The fraction of sp³-hybridized carbons (Fsp3) is 0.667. The van der Waals surface area contributed by atoms with Crippen molar-refractivity contribution in [2.24, 2.45) is 29.6 Å². The smallest absolute Gasteiger partial charge is 0.305 e. The monoisotopic (exact) mass is 408 g/mol. The number of H-pyrrole nitrogens is 1. The van der Waals surface area contributed by atoms with Crippen LogP contribution in [0.25, 0.3) is 0 Å². The molecule has 3 heterocycles. The van der Waals surface area contributed by atoms with Crippen LogP contribution in [0.3, 0.4) is 0 Å². The number of carbonyl (C=O) groups is 3. The van der Waals surface area contributed by atoms with E-state index in [0.29, 0.717) is 0 Å². The molecule has 1 aromatic heterocycles. The Bertz CT molecular complexity index is 934. The lowest BCUT2D eigenvalue weighted by atomic mass is 9.64. The number of aliphatic carboxylic acids is 1. The van der Waals surface area contributed by atoms with E-state index in [1.807, 2.05) is 0 Å². The van der Waals surface area contributed by atoms with E-state index in [2.05, 4.69) is 18.8 Å². The molecule has 1 saturated heterocycles. The van der Waals surface area contributed by atoms with E-state index in [-0.39, 0.29) is 69.9 Å². The normalized spacial score (nSPS) is 38.1. The van der Waals surface area contributed by atoms with Crippen molar-refractivity contribution in [2.45, 2.75) is 42.4 Å². The van der Waals surface area contributed by atoms with Crippen molar-refractivity contribution >= 4 is 40.9 Å². The molecule has 3 fully saturated rings. The molecule has 0 unspecified atom stereocenters. The van der Waals surface area contributed by atoms with E-state index in [9.17, 15) is 19.2 Å². The molecule has 0 spiro atoms. The number of nitrogens with one attached hydrogen (secondary N) is 1. The maximum Gasteiger partial charge on any atom is 0.305 e. The molecule has 9 heteroatoms. The highest BCUT2D eigenvalue weighted by molar-refractivity contribution is 8.00. The Balaban J connectivity index is 1.51. The van der Waals surface area contributed by atoms with Gasteiger partial charge in [0.05, 0.1) is 23.3 Å². The van der Waals surface area contributed by atoms with Gasteiger partial charge < -0.3 is 10.1 Å². The predicted molar refractivity (Wildman–Crippen MR) is 98.7 cm³/mol. The minimum absolute atomic E-state index is 0.0357. The van der Waals surface area contributed by atoms with Crippen molar-refractivity contribution in [1.29, 1.82) is 0 Å². The van der Waals surface area contributed by atoms with E-state index in [4.69, 9.17) is 5.11 Å². The summed E-state index contributed by atoms with van der Waals surface area (Å²) in [5.74, 6) is -1.58. The second kappa shape index (κ2) is 5.47. The number of thiazole rings is 1. The molecule has 27 heavy (non-hydrogen) atoms. The number of aromatic nitrogens is 1. The molecular formula is C18H20N2O5S2. The number of imide groups is 1. The molecule has 2 saturated carbocycles. The zero-order valence-corrected chi connectivity index (χ0v) is 16.6. The maximum absolute atomic E-state index is 13.0. The zero-order valence-electron chi connectivity index (χ0n) is 14.9. The first-order valence-corrected chi connectivity index (χ1v) is 10.9. The second-order valence-corrected chi connectivity index (χ2v) is 10.8. The number of amides is 2. The minimum Gasteiger partial charge on any atom is -0.481 e. The first-order valence-electron chi connectivity index (χ1n) is 9.19. The van der Waals surface area contributed by atoms with Gasteiger partial charge in [-0.1, -0.05) is 25.2 Å². The summed E-state index contributed by atoms with van der Waals surface area (Å²) in [6, 6.07) is 0. The number of carboxylic acid groups (broad SMARTS) is 1. The van der Waals surface area contributed by atoms with Gasteiger partial charge in [-0.25, -0.2) is 0 Å². The Morgan fingerprint density at radius 1 is 1.22 bits per heavy atom. The van der Waals surface area contributed by atoms with Crippen molar-refractivity contribution in [2.75, 3.05) is 6.54 Å². The molecular weight excluding hydrogens is 388 g/mol. The number of thioether (sulfide) groups is 1. The number of carbonyl (C=O) groups excluding carboxylic acids is 2. The largest absolute Gasteiger partial charge is 0.481 e. The maximum atomic E-state index is 13.0. The Hall–Kier alpha value is -1.61. The highest BCUT2D eigenvalue weighted by Gasteiger charge is 2.70. The third-order valence-corrected chi connectivity index (χ3v) is 9.84. The summed E-state index contributed by atoms with van der Waals surface area (Å²) in [4.78, 5) is 53.8. The van der Waals surface area contributed by atoms with Crippen LogP contribution in [0.1, 0.15) is 31.6 Å². The standard InChI is InChI=1S/C18H20N2O5S2/c1-18(2)11-6-5-7(12(11)26-14-13(18)27-17(25)19-14)10-9(6)15(23)20(16(10)24)4-3-8(21)22/h6-7,9-12H,3-5H2,1-2H3,(H,19,25)(H,21,22)/t6-,7-,9-,10-,11-,12+/m1/s1. The molecule has 5 rings (SSSR count). The molecule has 1 aromatic rings. The number of carboxylic acids is 1. The van der Waals surface area contributed by atoms with Crippen LogP contribution in [0.15, 0.2) is 9.82 Å². The van der Waals surface area contributed by atoms with Crippen molar-refractivity contribution in [3.05, 3.63) is 14.5 Å². The van der Waals surface area contributed by atoms with Crippen molar-refractivity contribution in [1.82, 2.24) is 9.88 Å². The van der Waals surface area contributed by atoms with Crippen molar-refractivity contribution in [3.8, 4) is 0 Å². The number of aromatic amines is 1. The summed E-state index contributed by atoms with van der Waals surface area (Å²) in [6.45, 7) is 4.25. The second-order valence-electron chi connectivity index (χ2n) is 8.59. The molecule has 4 aliphatic rings. The van der Waals surface area contributed by atoms with Gasteiger partial charge in [-0.15, -0.1) is 11.8 Å². The quantitative estimate of drug-likeness (QED) is 0.735. The van der Waals surface area contributed by atoms with E-state index in [1.165, 1.54) is 16.2 Å². The summed E-state index contributed by atoms with van der Waals surface area (Å²) in [5, 5.41) is 10.0. The first-order chi connectivity index (χ1) is 12.7. The van der Waals surface area contributed by atoms with Gasteiger partial charge in [0.1, 0.15) is 0 Å². The third kappa shape index (κ3) is 2.15. The van der Waals surface area contributed by atoms with E-state index in [1.54, 1.807) is 11.8 Å². The zero-order chi connectivity index (χ0) is 19.2. The Morgan fingerprint density at radius 3 is 2.56 bits per heavy atom. The van der Waals surface area contributed by atoms with Gasteiger partial charge in [0, 0.05) is 22.1 Å². The number of nitrogens with zero attached hydrogens (tertiary/aromatic N) is 1. The molecule has 0 aromatic carbocycles. The van der Waals surface area contributed by atoms with Gasteiger partial charge >= 0.3 is 10.8 Å². The first kappa shape index (κ1) is 17.5. The van der Waals surface area contributed by atoms with Crippen molar-refractivity contribution in [3.63, 3.8) is 0 Å². The molecule has 2 bridgehead atoms. The average molecular weight is 409 g/mol. The number of likely N-dealkylation sites (tertiary alicyclic amines) is 1. The third-order valence-electron chi connectivity index (χ3n) is 7.03. The van der Waals surface area contributed by atoms with Gasteiger partial charge in [-0.2, -0.15) is 0 Å². The summed E-state index contributed by atoms with van der Waals surface area (Å²) >= 11 is 2.92. The Morgan fingerprint density at radius 2 is 1.89 bits per heavy atom.